The summed E-state index contributed by atoms with van der Waals surface area (Å²) in [5.74, 6) is -0.952. The topological polar surface area (TPSA) is 75.3 Å². The molecule has 0 unspecified atom stereocenters. The summed E-state index contributed by atoms with van der Waals surface area (Å²) in [6, 6.07) is 4.91. The molecular weight excluding hydrogens is 232 g/mol. The van der Waals surface area contributed by atoms with E-state index in [-0.39, 0.29) is 17.7 Å². The van der Waals surface area contributed by atoms with Gasteiger partial charge in [0.05, 0.1) is 35.1 Å². The van der Waals surface area contributed by atoms with E-state index in [2.05, 4.69) is 4.98 Å². The highest BCUT2D eigenvalue weighted by Gasteiger charge is 2.38. The zero-order valence-corrected chi connectivity index (χ0v) is 9.83. The summed E-state index contributed by atoms with van der Waals surface area (Å²) >= 11 is 0. The SMILES string of the molecule is O=C(O)c1ccc2c(c1)ncn2C1(CO)CCC1. The van der Waals surface area contributed by atoms with Gasteiger partial charge in [0, 0.05) is 0 Å². The van der Waals surface area contributed by atoms with Crippen LogP contribution in [-0.2, 0) is 5.54 Å². The Hall–Kier alpha value is -1.88. The first-order chi connectivity index (χ1) is 8.66. The molecule has 0 atom stereocenters. The summed E-state index contributed by atoms with van der Waals surface area (Å²) in [5.41, 5.74) is 1.54. The van der Waals surface area contributed by atoms with Gasteiger partial charge in [-0.15, -0.1) is 0 Å². The monoisotopic (exact) mass is 246 g/mol. The van der Waals surface area contributed by atoms with Gasteiger partial charge in [-0.05, 0) is 37.5 Å². The van der Waals surface area contributed by atoms with Crippen molar-refractivity contribution >= 4 is 17.0 Å². The molecule has 2 aromatic rings. The lowest BCUT2D eigenvalue weighted by molar-refractivity contribution is 0.0588. The molecule has 0 amide bonds. The van der Waals surface area contributed by atoms with Crippen molar-refractivity contribution in [3.05, 3.63) is 30.1 Å². The zero-order valence-electron chi connectivity index (χ0n) is 9.83. The van der Waals surface area contributed by atoms with Crippen LogP contribution in [0, 0.1) is 0 Å². The number of aromatic nitrogens is 2. The minimum Gasteiger partial charge on any atom is -0.478 e. The van der Waals surface area contributed by atoms with Gasteiger partial charge in [0.15, 0.2) is 0 Å². The lowest BCUT2D eigenvalue weighted by Crippen LogP contribution is -2.43. The second-order valence-corrected chi connectivity index (χ2v) is 4.86. The molecule has 1 fully saturated rings. The Kier molecular flexibility index (Phi) is 2.38. The van der Waals surface area contributed by atoms with Crippen LogP contribution in [0.5, 0.6) is 0 Å². The first-order valence-corrected chi connectivity index (χ1v) is 5.98. The molecule has 94 valence electrons. The molecule has 5 heteroatoms. The first kappa shape index (κ1) is 11.2. The van der Waals surface area contributed by atoms with Crippen molar-refractivity contribution in [2.24, 2.45) is 0 Å². The van der Waals surface area contributed by atoms with E-state index in [1.54, 1.807) is 24.5 Å². The zero-order chi connectivity index (χ0) is 12.8. The van der Waals surface area contributed by atoms with E-state index in [4.69, 9.17) is 5.11 Å². The Balaban J connectivity index is 2.13. The standard InChI is InChI=1S/C13H14N2O3/c16-7-13(4-1-5-13)15-8-14-10-6-9(12(17)18)2-3-11(10)15/h2-3,6,8,16H,1,4-5,7H2,(H,17,18). The predicted octanol–water partition coefficient (Wildman–Crippen LogP) is 1.61. The number of aliphatic hydroxyl groups is 1. The maximum Gasteiger partial charge on any atom is 0.335 e. The number of rotatable bonds is 3. The molecule has 1 saturated carbocycles. The second-order valence-electron chi connectivity index (χ2n) is 4.86. The number of nitrogens with zero attached hydrogens (tertiary/aromatic N) is 2. The number of hydrogen-bond acceptors (Lipinski definition) is 3. The Bertz CT molecular complexity index is 608. The minimum atomic E-state index is -0.952. The van der Waals surface area contributed by atoms with Gasteiger partial charge in [-0.1, -0.05) is 0 Å². The van der Waals surface area contributed by atoms with Gasteiger partial charge in [-0.25, -0.2) is 9.78 Å². The molecule has 2 N–H and O–H groups in total. The molecule has 1 aliphatic rings. The smallest absolute Gasteiger partial charge is 0.335 e. The third-order valence-corrected chi connectivity index (χ3v) is 3.88. The van der Waals surface area contributed by atoms with Gasteiger partial charge in [-0.2, -0.15) is 0 Å². The third-order valence-electron chi connectivity index (χ3n) is 3.88. The average Bonchev–Trinajstić information content (AvgIpc) is 2.72. The van der Waals surface area contributed by atoms with Crippen LogP contribution < -0.4 is 0 Å². The first-order valence-electron chi connectivity index (χ1n) is 5.98. The van der Waals surface area contributed by atoms with Crippen LogP contribution >= 0.6 is 0 Å². The van der Waals surface area contributed by atoms with Crippen LogP contribution in [0.3, 0.4) is 0 Å². The average molecular weight is 246 g/mol. The van der Waals surface area contributed by atoms with Crippen molar-refractivity contribution in [2.45, 2.75) is 24.8 Å². The van der Waals surface area contributed by atoms with Crippen molar-refractivity contribution < 1.29 is 15.0 Å². The van der Waals surface area contributed by atoms with Crippen LogP contribution in [0.25, 0.3) is 11.0 Å². The number of carboxylic acid groups (broad SMARTS) is 1. The van der Waals surface area contributed by atoms with Crippen molar-refractivity contribution in [3.63, 3.8) is 0 Å². The molecular formula is C13H14N2O3. The van der Waals surface area contributed by atoms with Crippen LogP contribution in [0.2, 0.25) is 0 Å². The summed E-state index contributed by atoms with van der Waals surface area (Å²) < 4.78 is 1.98. The molecule has 0 saturated heterocycles. The number of aliphatic hydroxyl groups excluding tert-OH is 1. The van der Waals surface area contributed by atoms with Gasteiger partial charge < -0.3 is 14.8 Å². The molecule has 1 heterocycles. The van der Waals surface area contributed by atoms with E-state index in [0.717, 1.165) is 24.8 Å². The lowest BCUT2D eigenvalue weighted by Gasteiger charge is -2.41. The Morgan fingerprint density at radius 2 is 2.22 bits per heavy atom. The fourth-order valence-corrected chi connectivity index (χ4v) is 2.58. The molecule has 0 radical (unpaired) electrons. The number of imidazole rings is 1. The summed E-state index contributed by atoms with van der Waals surface area (Å²) in [7, 11) is 0. The summed E-state index contributed by atoms with van der Waals surface area (Å²) in [5, 5.41) is 18.5. The summed E-state index contributed by atoms with van der Waals surface area (Å²) in [6.45, 7) is 0.0964. The molecule has 1 aliphatic carbocycles. The third kappa shape index (κ3) is 1.44. The quantitative estimate of drug-likeness (QED) is 0.862. The molecule has 0 spiro atoms. The van der Waals surface area contributed by atoms with Crippen LogP contribution in [-0.4, -0.2) is 32.3 Å². The number of fused-ring (bicyclic) bond motifs is 1. The molecule has 0 bridgehead atoms. The van der Waals surface area contributed by atoms with Crippen LogP contribution in [0.1, 0.15) is 29.6 Å². The van der Waals surface area contributed by atoms with Crippen LogP contribution in [0.15, 0.2) is 24.5 Å². The largest absolute Gasteiger partial charge is 0.478 e. The molecule has 1 aromatic heterocycles. The lowest BCUT2D eigenvalue weighted by atomic mass is 9.77. The maximum atomic E-state index is 10.9. The highest BCUT2D eigenvalue weighted by molar-refractivity contribution is 5.92. The molecule has 18 heavy (non-hydrogen) atoms. The molecule has 5 nitrogen and oxygen atoms in total. The van der Waals surface area contributed by atoms with Gasteiger partial charge in [0.25, 0.3) is 0 Å². The van der Waals surface area contributed by atoms with Gasteiger partial charge in [0.1, 0.15) is 0 Å². The van der Waals surface area contributed by atoms with Gasteiger partial charge >= 0.3 is 5.97 Å². The molecule has 0 aliphatic heterocycles. The fraction of sp³-hybridized carbons (Fsp3) is 0.385. The minimum absolute atomic E-state index is 0.0964. The summed E-state index contributed by atoms with van der Waals surface area (Å²) in [4.78, 5) is 15.1. The predicted molar refractivity (Wildman–Crippen MR) is 65.6 cm³/mol. The van der Waals surface area contributed by atoms with E-state index in [9.17, 15) is 9.90 Å². The Labute approximate surface area is 104 Å². The van der Waals surface area contributed by atoms with E-state index in [1.807, 2.05) is 4.57 Å². The maximum absolute atomic E-state index is 10.9. The number of aromatic carboxylic acids is 1. The number of benzene rings is 1. The van der Waals surface area contributed by atoms with Crippen molar-refractivity contribution in [1.82, 2.24) is 9.55 Å². The van der Waals surface area contributed by atoms with E-state index >= 15 is 0 Å². The molecule has 1 aromatic carbocycles. The van der Waals surface area contributed by atoms with Crippen LogP contribution in [0.4, 0.5) is 0 Å². The van der Waals surface area contributed by atoms with E-state index in [0.29, 0.717) is 5.52 Å². The highest BCUT2D eigenvalue weighted by atomic mass is 16.4. The van der Waals surface area contributed by atoms with E-state index < -0.39 is 5.97 Å². The fourth-order valence-electron chi connectivity index (χ4n) is 2.58. The van der Waals surface area contributed by atoms with Crippen molar-refractivity contribution in [3.8, 4) is 0 Å². The highest BCUT2D eigenvalue weighted by Crippen LogP contribution is 2.40. The van der Waals surface area contributed by atoms with Gasteiger partial charge in [0.2, 0.25) is 0 Å². The Morgan fingerprint density at radius 3 is 2.78 bits per heavy atom. The number of carboxylic acids is 1. The number of hydrogen-bond donors (Lipinski definition) is 2. The number of carbonyl (C=O) groups is 1. The second kappa shape index (κ2) is 3.81. The van der Waals surface area contributed by atoms with Crippen molar-refractivity contribution in [2.75, 3.05) is 6.61 Å². The summed E-state index contributed by atoms with van der Waals surface area (Å²) in [6.07, 6.45) is 4.68. The van der Waals surface area contributed by atoms with E-state index in [1.165, 1.54) is 0 Å². The van der Waals surface area contributed by atoms with Crippen molar-refractivity contribution in [1.29, 1.82) is 0 Å². The normalized spacial score (nSPS) is 17.6. The molecule has 3 rings (SSSR count). The van der Waals surface area contributed by atoms with Gasteiger partial charge in [-0.3, -0.25) is 0 Å². The Morgan fingerprint density at radius 1 is 1.44 bits per heavy atom.